The van der Waals surface area contributed by atoms with Gasteiger partial charge in [0.05, 0.1) is 19.1 Å². The molecule has 34 heavy (non-hydrogen) atoms. The Bertz CT molecular complexity index is 1030. The van der Waals surface area contributed by atoms with Gasteiger partial charge in [-0.05, 0) is 48.7 Å². The van der Waals surface area contributed by atoms with Gasteiger partial charge in [-0.3, -0.25) is 9.59 Å². The molecule has 9 heteroatoms. The molecule has 1 aliphatic rings. The number of amides is 1. The van der Waals surface area contributed by atoms with Gasteiger partial charge in [-0.15, -0.1) is 0 Å². The van der Waals surface area contributed by atoms with Crippen LogP contribution in [0.25, 0.3) is 0 Å². The van der Waals surface area contributed by atoms with E-state index in [2.05, 4.69) is 0 Å². The van der Waals surface area contributed by atoms with E-state index in [9.17, 15) is 19.5 Å². The summed E-state index contributed by atoms with van der Waals surface area (Å²) in [6, 6.07) is 12.2. The molecular formula is C25H27Cl2NO6. The van der Waals surface area contributed by atoms with Crippen LogP contribution in [0.2, 0.25) is 10.0 Å². The highest BCUT2D eigenvalue weighted by Gasteiger charge is 2.49. The lowest BCUT2D eigenvalue weighted by Crippen LogP contribution is -2.57. The Balaban J connectivity index is 2.21. The number of nitrogens with zero attached hydrogens (tertiary/aromatic N) is 1. The normalized spacial score (nSPS) is 21.2. The van der Waals surface area contributed by atoms with Crippen molar-refractivity contribution in [2.24, 2.45) is 0 Å². The average Bonchev–Trinajstić information content (AvgIpc) is 2.79. The van der Waals surface area contributed by atoms with Crippen molar-refractivity contribution in [3.05, 3.63) is 69.7 Å². The van der Waals surface area contributed by atoms with E-state index in [0.29, 0.717) is 34.0 Å². The Morgan fingerprint density at radius 1 is 1.09 bits per heavy atom. The molecule has 4 atom stereocenters. The Labute approximate surface area is 208 Å². The van der Waals surface area contributed by atoms with Crippen LogP contribution in [0.3, 0.4) is 0 Å². The standard InChI is InChI=1S/C25H27Cl2NO6/c1-3-6-19(25(32)33-4-2)28-22(15-9-11-17(26)12-10-15)23(16-7-5-8-18(27)13-16)34-20(24(28)31)14-21(29)30/h5,7-13,19-20,22-23H,3-4,6,14H2,1-2H3,(H,29,30)/t19-,20+,22-,23+/m1/s1. The predicted octanol–water partition coefficient (Wildman–Crippen LogP) is 5.21. The van der Waals surface area contributed by atoms with E-state index >= 15 is 0 Å². The molecule has 0 saturated carbocycles. The van der Waals surface area contributed by atoms with Crippen LogP contribution in [0.1, 0.15) is 56.4 Å². The molecule has 0 aliphatic carbocycles. The van der Waals surface area contributed by atoms with Crippen LogP contribution < -0.4 is 0 Å². The number of ether oxygens (including phenoxy) is 2. The topological polar surface area (TPSA) is 93.1 Å². The molecule has 7 nitrogen and oxygen atoms in total. The maximum atomic E-state index is 13.7. The molecular weight excluding hydrogens is 481 g/mol. The van der Waals surface area contributed by atoms with Crippen LogP contribution in [-0.2, 0) is 23.9 Å². The predicted molar refractivity (Wildman–Crippen MR) is 128 cm³/mol. The van der Waals surface area contributed by atoms with Gasteiger partial charge in [0.15, 0.2) is 0 Å². The number of hydrogen-bond donors (Lipinski definition) is 1. The Hall–Kier alpha value is -2.61. The molecule has 1 aliphatic heterocycles. The molecule has 182 valence electrons. The van der Waals surface area contributed by atoms with Crippen LogP contribution in [0.5, 0.6) is 0 Å². The molecule has 1 fully saturated rings. The summed E-state index contributed by atoms with van der Waals surface area (Å²) in [7, 11) is 0. The van der Waals surface area contributed by atoms with Crippen molar-refractivity contribution >= 4 is 41.0 Å². The number of hydrogen-bond acceptors (Lipinski definition) is 5. The number of carbonyl (C=O) groups excluding carboxylic acids is 2. The first kappa shape index (κ1) is 26.0. The smallest absolute Gasteiger partial charge is 0.328 e. The molecule has 0 radical (unpaired) electrons. The Morgan fingerprint density at radius 2 is 1.79 bits per heavy atom. The summed E-state index contributed by atoms with van der Waals surface area (Å²) in [5.41, 5.74) is 1.33. The van der Waals surface area contributed by atoms with Crippen molar-refractivity contribution in [1.29, 1.82) is 0 Å². The number of halogens is 2. The number of carbonyl (C=O) groups is 3. The summed E-state index contributed by atoms with van der Waals surface area (Å²) in [4.78, 5) is 39.7. The molecule has 3 rings (SSSR count). The minimum absolute atomic E-state index is 0.152. The summed E-state index contributed by atoms with van der Waals surface area (Å²) in [5.74, 6) is -2.30. The van der Waals surface area contributed by atoms with E-state index < -0.39 is 48.6 Å². The highest BCUT2D eigenvalue weighted by molar-refractivity contribution is 6.30. The number of carboxylic acids is 1. The zero-order chi connectivity index (χ0) is 24.8. The van der Waals surface area contributed by atoms with Crippen molar-refractivity contribution in [2.45, 2.75) is 57.4 Å². The molecule has 1 amide bonds. The fraction of sp³-hybridized carbons (Fsp3) is 0.400. The van der Waals surface area contributed by atoms with Gasteiger partial charge in [0.2, 0.25) is 0 Å². The third kappa shape index (κ3) is 5.90. The summed E-state index contributed by atoms with van der Waals surface area (Å²) in [5, 5.41) is 10.4. The average molecular weight is 508 g/mol. The summed E-state index contributed by atoms with van der Waals surface area (Å²) in [6.45, 7) is 3.75. The van der Waals surface area contributed by atoms with Gasteiger partial charge in [0, 0.05) is 10.0 Å². The van der Waals surface area contributed by atoms with Crippen LogP contribution in [0.15, 0.2) is 48.5 Å². The lowest BCUT2D eigenvalue weighted by molar-refractivity contribution is -0.188. The first-order valence-corrected chi connectivity index (χ1v) is 11.9. The van der Waals surface area contributed by atoms with Crippen LogP contribution in [0, 0.1) is 0 Å². The van der Waals surface area contributed by atoms with Gasteiger partial charge in [-0.2, -0.15) is 0 Å². The third-order valence-corrected chi connectivity index (χ3v) is 6.12. The SMILES string of the molecule is CCC[C@H](C(=O)OCC)N1C(=O)[C@H](CC(=O)O)O[C@@H](c2cccc(Cl)c2)[C@H]1c1ccc(Cl)cc1. The van der Waals surface area contributed by atoms with E-state index in [1.54, 1.807) is 55.5 Å². The van der Waals surface area contributed by atoms with Gasteiger partial charge in [0.25, 0.3) is 5.91 Å². The Morgan fingerprint density at radius 3 is 2.38 bits per heavy atom. The largest absolute Gasteiger partial charge is 0.481 e. The van der Waals surface area contributed by atoms with Crippen molar-refractivity contribution in [3.8, 4) is 0 Å². The summed E-state index contributed by atoms with van der Waals surface area (Å²) >= 11 is 12.4. The van der Waals surface area contributed by atoms with Crippen molar-refractivity contribution in [1.82, 2.24) is 4.90 Å². The minimum Gasteiger partial charge on any atom is -0.481 e. The van der Waals surface area contributed by atoms with Gasteiger partial charge in [-0.1, -0.05) is 60.8 Å². The van der Waals surface area contributed by atoms with E-state index in [1.807, 2.05) is 6.92 Å². The van der Waals surface area contributed by atoms with E-state index in [-0.39, 0.29) is 6.61 Å². The summed E-state index contributed by atoms with van der Waals surface area (Å²) < 4.78 is 11.4. The molecule has 1 N–H and O–H groups in total. The minimum atomic E-state index is -1.28. The fourth-order valence-corrected chi connectivity index (χ4v) is 4.55. The van der Waals surface area contributed by atoms with Crippen LogP contribution >= 0.6 is 23.2 Å². The highest BCUT2D eigenvalue weighted by Crippen LogP contribution is 2.44. The van der Waals surface area contributed by atoms with Crippen LogP contribution in [0.4, 0.5) is 0 Å². The van der Waals surface area contributed by atoms with Crippen molar-refractivity contribution in [3.63, 3.8) is 0 Å². The highest BCUT2D eigenvalue weighted by atomic mass is 35.5. The number of esters is 1. The number of rotatable bonds is 9. The second kappa shape index (κ2) is 11.7. The fourth-order valence-electron chi connectivity index (χ4n) is 4.22. The molecule has 0 unspecified atom stereocenters. The molecule has 2 aromatic carbocycles. The zero-order valence-corrected chi connectivity index (χ0v) is 20.5. The van der Waals surface area contributed by atoms with E-state index in [0.717, 1.165) is 0 Å². The zero-order valence-electron chi connectivity index (χ0n) is 18.9. The van der Waals surface area contributed by atoms with Gasteiger partial charge >= 0.3 is 11.9 Å². The first-order valence-electron chi connectivity index (χ1n) is 11.1. The number of carboxylic acid groups (broad SMARTS) is 1. The van der Waals surface area contributed by atoms with Crippen molar-refractivity contribution in [2.75, 3.05) is 6.61 Å². The quantitative estimate of drug-likeness (QED) is 0.468. The van der Waals surface area contributed by atoms with E-state index in [1.165, 1.54) is 4.90 Å². The second-order valence-electron chi connectivity index (χ2n) is 8.00. The monoisotopic (exact) mass is 507 g/mol. The number of morpholine rings is 1. The molecule has 2 aromatic rings. The maximum absolute atomic E-state index is 13.7. The van der Waals surface area contributed by atoms with Gasteiger partial charge < -0.3 is 19.5 Å². The van der Waals surface area contributed by atoms with Crippen molar-refractivity contribution < 1.29 is 29.0 Å². The lowest BCUT2D eigenvalue weighted by atomic mass is 9.89. The molecule has 0 spiro atoms. The second-order valence-corrected chi connectivity index (χ2v) is 8.87. The Kier molecular flexibility index (Phi) is 8.94. The molecule has 1 heterocycles. The number of aliphatic carboxylic acids is 1. The van der Waals surface area contributed by atoms with Gasteiger partial charge in [0.1, 0.15) is 18.2 Å². The molecule has 0 bridgehead atoms. The van der Waals surface area contributed by atoms with Gasteiger partial charge in [-0.25, -0.2) is 4.79 Å². The molecule has 0 aromatic heterocycles. The third-order valence-electron chi connectivity index (χ3n) is 5.63. The number of benzene rings is 2. The first-order chi connectivity index (χ1) is 16.3. The lowest BCUT2D eigenvalue weighted by Gasteiger charge is -2.47. The summed E-state index contributed by atoms with van der Waals surface area (Å²) in [6.07, 6.45) is -1.65. The maximum Gasteiger partial charge on any atom is 0.328 e. The van der Waals surface area contributed by atoms with Crippen LogP contribution in [-0.4, -0.2) is 46.6 Å². The van der Waals surface area contributed by atoms with E-state index in [4.69, 9.17) is 32.7 Å². The molecule has 1 saturated heterocycles.